The van der Waals surface area contributed by atoms with Crippen LogP contribution in [-0.4, -0.2) is 53.6 Å². The van der Waals surface area contributed by atoms with Gasteiger partial charge in [0.1, 0.15) is 0 Å². The maximum atomic E-state index is 6.01. The standard InChI is InChI=1S/C20H33N3O4.HI/c1-21-20(22-11-12-27-16-9-7-5-6-8-10-16)23-15-13-17(24-2)19(26-4)18(14-15)25-3;/h13-14,16H,5-12H2,1-4H3,(H2,21,22,23);1H. The fourth-order valence-corrected chi connectivity index (χ4v) is 3.27. The molecule has 0 amide bonds. The van der Waals surface area contributed by atoms with E-state index in [1.54, 1.807) is 28.4 Å². The van der Waals surface area contributed by atoms with Crippen LogP contribution in [-0.2, 0) is 4.74 Å². The first-order chi connectivity index (χ1) is 13.2. The molecule has 0 unspecified atom stereocenters. The second-order valence-corrected chi connectivity index (χ2v) is 6.52. The number of nitrogens with one attached hydrogen (secondary N) is 2. The number of hydrogen-bond donors (Lipinski definition) is 2. The van der Waals surface area contributed by atoms with Crippen LogP contribution in [0.15, 0.2) is 17.1 Å². The van der Waals surface area contributed by atoms with E-state index in [-0.39, 0.29) is 24.0 Å². The second-order valence-electron chi connectivity index (χ2n) is 6.52. The van der Waals surface area contributed by atoms with Crippen molar-refractivity contribution >= 4 is 35.6 Å². The molecule has 160 valence electrons. The van der Waals surface area contributed by atoms with Crippen LogP contribution >= 0.6 is 24.0 Å². The van der Waals surface area contributed by atoms with Crippen molar-refractivity contribution in [3.63, 3.8) is 0 Å². The third kappa shape index (κ3) is 7.54. The largest absolute Gasteiger partial charge is 0.493 e. The average Bonchev–Trinajstić information content (AvgIpc) is 2.98. The highest BCUT2D eigenvalue weighted by Crippen LogP contribution is 2.39. The van der Waals surface area contributed by atoms with Gasteiger partial charge < -0.3 is 29.6 Å². The normalized spacial score (nSPS) is 15.2. The predicted octanol–water partition coefficient (Wildman–Crippen LogP) is 4.06. The Morgan fingerprint density at radius 1 is 1.00 bits per heavy atom. The van der Waals surface area contributed by atoms with Gasteiger partial charge in [-0.3, -0.25) is 4.99 Å². The lowest BCUT2D eigenvalue weighted by Crippen LogP contribution is -2.34. The van der Waals surface area contributed by atoms with Crippen molar-refractivity contribution in [2.24, 2.45) is 4.99 Å². The lowest BCUT2D eigenvalue weighted by atomic mass is 10.1. The number of hydrogen-bond acceptors (Lipinski definition) is 5. The summed E-state index contributed by atoms with van der Waals surface area (Å²) < 4.78 is 22.1. The van der Waals surface area contributed by atoms with Crippen LogP contribution < -0.4 is 24.8 Å². The molecule has 0 aromatic heterocycles. The minimum Gasteiger partial charge on any atom is -0.493 e. The van der Waals surface area contributed by atoms with Gasteiger partial charge in [-0.1, -0.05) is 25.7 Å². The van der Waals surface area contributed by atoms with Crippen molar-refractivity contribution in [1.29, 1.82) is 0 Å². The number of guanidine groups is 1. The van der Waals surface area contributed by atoms with Crippen LogP contribution in [0.5, 0.6) is 17.2 Å². The molecule has 0 atom stereocenters. The van der Waals surface area contributed by atoms with Gasteiger partial charge in [0.05, 0.1) is 34.0 Å². The summed E-state index contributed by atoms with van der Waals surface area (Å²) in [5.41, 5.74) is 0.794. The maximum absolute atomic E-state index is 6.01. The van der Waals surface area contributed by atoms with E-state index in [2.05, 4.69) is 15.6 Å². The van der Waals surface area contributed by atoms with Crippen molar-refractivity contribution in [3.05, 3.63) is 12.1 Å². The van der Waals surface area contributed by atoms with Crippen LogP contribution in [0.1, 0.15) is 38.5 Å². The summed E-state index contributed by atoms with van der Waals surface area (Å²) in [4.78, 5) is 4.26. The van der Waals surface area contributed by atoms with Crippen LogP contribution in [0.25, 0.3) is 0 Å². The van der Waals surface area contributed by atoms with E-state index < -0.39 is 0 Å². The third-order valence-electron chi connectivity index (χ3n) is 4.70. The van der Waals surface area contributed by atoms with E-state index in [4.69, 9.17) is 18.9 Å². The molecule has 0 radical (unpaired) electrons. The fourth-order valence-electron chi connectivity index (χ4n) is 3.27. The summed E-state index contributed by atoms with van der Waals surface area (Å²) in [6.07, 6.45) is 7.99. The highest BCUT2D eigenvalue weighted by Gasteiger charge is 2.14. The Bertz CT molecular complexity index is 580. The van der Waals surface area contributed by atoms with Gasteiger partial charge >= 0.3 is 0 Å². The molecule has 2 N–H and O–H groups in total. The zero-order chi connectivity index (χ0) is 19.5. The number of methoxy groups -OCH3 is 3. The smallest absolute Gasteiger partial charge is 0.203 e. The fraction of sp³-hybridized carbons (Fsp3) is 0.650. The van der Waals surface area contributed by atoms with Crippen LogP contribution in [0.2, 0.25) is 0 Å². The van der Waals surface area contributed by atoms with Crippen molar-refractivity contribution < 1.29 is 18.9 Å². The number of benzene rings is 1. The Hall–Kier alpha value is -1.42. The molecule has 0 spiro atoms. The second kappa shape index (κ2) is 13.7. The monoisotopic (exact) mass is 507 g/mol. The number of halogens is 1. The summed E-state index contributed by atoms with van der Waals surface area (Å²) in [5.74, 6) is 2.40. The molecule has 7 nitrogen and oxygen atoms in total. The summed E-state index contributed by atoms with van der Waals surface area (Å²) >= 11 is 0. The number of anilines is 1. The van der Waals surface area contributed by atoms with Crippen molar-refractivity contribution in [2.45, 2.75) is 44.6 Å². The molecule has 0 heterocycles. The molecule has 1 saturated carbocycles. The van der Waals surface area contributed by atoms with Gasteiger partial charge in [-0.15, -0.1) is 24.0 Å². The highest BCUT2D eigenvalue weighted by atomic mass is 127. The molecule has 28 heavy (non-hydrogen) atoms. The van der Waals surface area contributed by atoms with Crippen LogP contribution in [0, 0.1) is 0 Å². The van der Waals surface area contributed by atoms with Crippen LogP contribution in [0.3, 0.4) is 0 Å². The Balaban J connectivity index is 0.00000392. The molecular weight excluding hydrogens is 473 g/mol. The zero-order valence-corrected chi connectivity index (χ0v) is 19.7. The topological polar surface area (TPSA) is 73.3 Å². The lowest BCUT2D eigenvalue weighted by Gasteiger charge is -2.18. The third-order valence-corrected chi connectivity index (χ3v) is 4.70. The molecular formula is C20H34IN3O4. The van der Waals surface area contributed by atoms with E-state index in [0.29, 0.717) is 42.5 Å². The number of ether oxygens (including phenoxy) is 4. The maximum Gasteiger partial charge on any atom is 0.203 e. The lowest BCUT2D eigenvalue weighted by molar-refractivity contribution is 0.0469. The minimum atomic E-state index is 0. The molecule has 1 aliphatic carbocycles. The van der Waals surface area contributed by atoms with Gasteiger partial charge in [-0.05, 0) is 12.8 Å². The Morgan fingerprint density at radius 3 is 2.11 bits per heavy atom. The summed E-state index contributed by atoms with van der Waals surface area (Å²) in [6, 6.07) is 3.69. The molecule has 1 aliphatic rings. The molecule has 1 aromatic rings. The van der Waals surface area contributed by atoms with Crippen LogP contribution in [0.4, 0.5) is 5.69 Å². The minimum absolute atomic E-state index is 0. The Kier molecular flexibility index (Phi) is 12.1. The highest BCUT2D eigenvalue weighted by molar-refractivity contribution is 14.0. The van der Waals surface area contributed by atoms with E-state index in [1.807, 2.05) is 12.1 Å². The van der Waals surface area contributed by atoms with Crippen molar-refractivity contribution in [1.82, 2.24) is 5.32 Å². The molecule has 8 heteroatoms. The average molecular weight is 507 g/mol. The SMILES string of the molecule is CN=C(NCCOC1CCCCCC1)Nc1cc(OC)c(OC)c(OC)c1.I. The summed E-state index contributed by atoms with van der Waals surface area (Å²) in [7, 11) is 6.51. The number of aliphatic imine (C=N–C) groups is 1. The first kappa shape index (κ1) is 24.6. The molecule has 0 bridgehead atoms. The van der Waals surface area contributed by atoms with E-state index in [1.165, 1.54) is 38.5 Å². The van der Waals surface area contributed by atoms with Gasteiger partial charge in [-0.2, -0.15) is 0 Å². The predicted molar refractivity (Wildman–Crippen MR) is 124 cm³/mol. The quantitative estimate of drug-likeness (QED) is 0.182. The Morgan fingerprint density at radius 2 is 1.61 bits per heavy atom. The van der Waals surface area contributed by atoms with Gasteiger partial charge in [0, 0.05) is 31.4 Å². The molecule has 1 fully saturated rings. The molecule has 1 aromatic carbocycles. The van der Waals surface area contributed by atoms with Gasteiger partial charge in [0.25, 0.3) is 0 Å². The Labute approximate surface area is 185 Å². The molecule has 2 rings (SSSR count). The summed E-state index contributed by atoms with van der Waals surface area (Å²) in [5, 5.41) is 6.52. The summed E-state index contributed by atoms with van der Waals surface area (Å²) in [6.45, 7) is 1.36. The van der Waals surface area contributed by atoms with Crippen molar-refractivity contribution in [3.8, 4) is 17.2 Å². The molecule has 0 aliphatic heterocycles. The first-order valence-electron chi connectivity index (χ1n) is 9.61. The zero-order valence-electron chi connectivity index (χ0n) is 17.4. The van der Waals surface area contributed by atoms with Gasteiger partial charge in [0.15, 0.2) is 17.5 Å². The van der Waals surface area contributed by atoms with E-state index in [9.17, 15) is 0 Å². The van der Waals surface area contributed by atoms with E-state index >= 15 is 0 Å². The van der Waals surface area contributed by atoms with Gasteiger partial charge in [0.2, 0.25) is 5.75 Å². The van der Waals surface area contributed by atoms with E-state index in [0.717, 1.165) is 5.69 Å². The molecule has 0 saturated heterocycles. The van der Waals surface area contributed by atoms with Gasteiger partial charge in [-0.25, -0.2) is 0 Å². The van der Waals surface area contributed by atoms with Crippen molar-refractivity contribution in [2.75, 3.05) is 46.8 Å². The first-order valence-corrected chi connectivity index (χ1v) is 9.61. The number of nitrogens with zero attached hydrogens (tertiary/aromatic N) is 1. The number of rotatable bonds is 8.